The van der Waals surface area contributed by atoms with E-state index in [1.807, 2.05) is 38.2 Å². The summed E-state index contributed by atoms with van der Waals surface area (Å²) in [7, 11) is 1.98. The van der Waals surface area contributed by atoms with Gasteiger partial charge in [-0.05, 0) is 57.5 Å². The number of alkyl halides is 3. The molecule has 210 valence electrons. The van der Waals surface area contributed by atoms with Crippen molar-refractivity contribution < 1.29 is 22.4 Å². The Hall–Kier alpha value is -4.33. The van der Waals surface area contributed by atoms with Gasteiger partial charge in [-0.1, -0.05) is 12.1 Å². The molecular weight excluding hydrogens is 527 g/mol. The highest BCUT2D eigenvalue weighted by Crippen LogP contribution is 2.39. The van der Waals surface area contributed by atoms with Crippen LogP contribution in [0.25, 0.3) is 11.3 Å². The van der Waals surface area contributed by atoms with E-state index in [0.29, 0.717) is 31.2 Å². The zero-order chi connectivity index (χ0) is 28.7. The first-order valence-corrected chi connectivity index (χ1v) is 12.6. The SMILES string of the molecule is Cc1[nH]ncc1Nc1nccc(-c2ccc3c(c2)CN(C)CC[C@H]3NC(=O)c2nnc(C(C)(C)C(F)(F)F)o2)n1. The van der Waals surface area contributed by atoms with Crippen molar-refractivity contribution in [2.24, 2.45) is 0 Å². The van der Waals surface area contributed by atoms with Crippen molar-refractivity contribution in [1.82, 2.24) is 40.6 Å². The summed E-state index contributed by atoms with van der Waals surface area (Å²) in [5, 5.41) is 20.0. The number of halogens is 3. The average molecular weight is 556 g/mol. The molecule has 0 bridgehead atoms. The lowest BCUT2D eigenvalue weighted by Crippen LogP contribution is -2.36. The Bertz CT molecular complexity index is 1530. The fourth-order valence-electron chi connectivity index (χ4n) is 4.35. The third-order valence-corrected chi connectivity index (χ3v) is 6.95. The van der Waals surface area contributed by atoms with E-state index in [4.69, 9.17) is 4.42 Å². The van der Waals surface area contributed by atoms with Crippen LogP contribution in [0.3, 0.4) is 0 Å². The largest absolute Gasteiger partial charge is 0.416 e. The number of amides is 1. The van der Waals surface area contributed by atoms with Crippen molar-refractivity contribution >= 4 is 17.5 Å². The lowest BCUT2D eigenvalue weighted by molar-refractivity contribution is -0.186. The standard InChI is InChI=1S/C26H28F3N9O2/c1-14-20(12-31-35-14)34-24-30-9-7-18(33-24)15-5-6-17-16(11-15)13-38(4)10-8-19(17)32-21(39)22-36-37-23(40-22)25(2,3)26(27,28)29/h5-7,9,11-12,19H,8,10,13H2,1-4H3,(H,31,35)(H,32,39)(H,30,33,34)/t19-/m1/s1. The summed E-state index contributed by atoms with van der Waals surface area (Å²) < 4.78 is 45.3. The van der Waals surface area contributed by atoms with Gasteiger partial charge in [0.05, 0.1) is 29.3 Å². The van der Waals surface area contributed by atoms with E-state index >= 15 is 0 Å². The van der Waals surface area contributed by atoms with Gasteiger partial charge in [-0.3, -0.25) is 9.89 Å². The van der Waals surface area contributed by atoms with Gasteiger partial charge in [-0.25, -0.2) is 9.97 Å². The normalized spacial score (nSPS) is 16.3. The van der Waals surface area contributed by atoms with Crippen LogP contribution >= 0.6 is 0 Å². The van der Waals surface area contributed by atoms with Gasteiger partial charge in [0, 0.05) is 24.8 Å². The molecule has 11 nitrogen and oxygen atoms in total. The maximum Gasteiger partial charge on any atom is 0.402 e. The molecule has 0 aliphatic carbocycles. The number of carbonyl (C=O) groups excluding carboxylic acids is 1. The van der Waals surface area contributed by atoms with Crippen LogP contribution in [-0.4, -0.2) is 60.9 Å². The quantitative estimate of drug-likeness (QED) is 0.315. The Kier molecular flexibility index (Phi) is 7.04. The molecular formula is C26H28F3N9O2. The minimum atomic E-state index is -4.62. The third-order valence-electron chi connectivity index (χ3n) is 6.95. The van der Waals surface area contributed by atoms with Gasteiger partial charge in [0.15, 0.2) is 0 Å². The van der Waals surface area contributed by atoms with E-state index in [1.165, 1.54) is 0 Å². The number of nitrogens with zero attached hydrogens (tertiary/aromatic N) is 6. The summed E-state index contributed by atoms with van der Waals surface area (Å²) in [4.78, 5) is 24.0. The van der Waals surface area contributed by atoms with Crippen LogP contribution in [0.1, 0.15) is 59.7 Å². The van der Waals surface area contributed by atoms with Crippen LogP contribution < -0.4 is 10.6 Å². The fourth-order valence-corrected chi connectivity index (χ4v) is 4.35. The second-order valence-corrected chi connectivity index (χ2v) is 10.3. The molecule has 0 spiro atoms. The molecule has 0 saturated heterocycles. The van der Waals surface area contributed by atoms with Gasteiger partial charge in [0.25, 0.3) is 0 Å². The lowest BCUT2D eigenvalue weighted by atomic mass is 9.93. The number of anilines is 2. The molecule has 0 fully saturated rings. The minimum absolute atomic E-state index is 0.417. The van der Waals surface area contributed by atoms with Crippen LogP contribution in [0, 0.1) is 6.92 Å². The highest BCUT2D eigenvalue weighted by atomic mass is 19.4. The smallest absolute Gasteiger partial charge is 0.402 e. The summed E-state index contributed by atoms with van der Waals surface area (Å²) in [6.45, 7) is 5.04. The Morgan fingerprint density at radius 3 is 2.73 bits per heavy atom. The van der Waals surface area contributed by atoms with Crippen molar-refractivity contribution in [3.63, 3.8) is 0 Å². The maximum absolute atomic E-state index is 13.4. The van der Waals surface area contributed by atoms with Gasteiger partial charge in [-0.15, -0.1) is 10.2 Å². The summed E-state index contributed by atoms with van der Waals surface area (Å²) in [5.41, 5.74) is 2.68. The van der Waals surface area contributed by atoms with E-state index in [9.17, 15) is 18.0 Å². The molecule has 1 aliphatic rings. The first-order valence-electron chi connectivity index (χ1n) is 12.6. The Labute approximate surface area is 227 Å². The molecule has 4 heterocycles. The summed E-state index contributed by atoms with van der Waals surface area (Å²) in [5.74, 6) is -1.50. The molecule has 1 amide bonds. The highest BCUT2D eigenvalue weighted by Gasteiger charge is 2.52. The van der Waals surface area contributed by atoms with Gasteiger partial charge in [0.2, 0.25) is 11.8 Å². The average Bonchev–Trinajstić information content (AvgIpc) is 3.53. The second kappa shape index (κ2) is 10.3. The minimum Gasteiger partial charge on any atom is -0.416 e. The number of aromatic nitrogens is 6. The monoisotopic (exact) mass is 555 g/mol. The highest BCUT2D eigenvalue weighted by molar-refractivity contribution is 5.89. The zero-order valence-electron chi connectivity index (χ0n) is 22.3. The van der Waals surface area contributed by atoms with E-state index in [0.717, 1.165) is 41.9 Å². The fraction of sp³-hybridized carbons (Fsp3) is 0.385. The first-order chi connectivity index (χ1) is 18.9. The first kappa shape index (κ1) is 27.2. The maximum atomic E-state index is 13.4. The number of fused-ring (bicyclic) bond motifs is 1. The van der Waals surface area contributed by atoms with Gasteiger partial charge < -0.3 is 20.0 Å². The topological polar surface area (TPSA) is 138 Å². The molecule has 14 heteroatoms. The van der Waals surface area contributed by atoms with E-state index in [-0.39, 0.29) is 0 Å². The Balaban J connectivity index is 1.38. The Morgan fingerprint density at radius 2 is 2.00 bits per heavy atom. The molecule has 0 saturated carbocycles. The van der Waals surface area contributed by atoms with Gasteiger partial charge in [0.1, 0.15) is 5.41 Å². The molecule has 40 heavy (non-hydrogen) atoms. The van der Waals surface area contributed by atoms with Crippen molar-refractivity contribution in [1.29, 1.82) is 0 Å². The predicted molar refractivity (Wildman–Crippen MR) is 139 cm³/mol. The number of aryl methyl sites for hydroxylation is 1. The predicted octanol–water partition coefficient (Wildman–Crippen LogP) is 4.45. The molecule has 1 aromatic carbocycles. The zero-order valence-corrected chi connectivity index (χ0v) is 22.3. The molecule has 1 aliphatic heterocycles. The van der Waals surface area contributed by atoms with E-state index < -0.39 is 35.3 Å². The van der Waals surface area contributed by atoms with Crippen molar-refractivity contribution in [3.8, 4) is 11.3 Å². The molecule has 4 aromatic rings. The molecule has 0 unspecified atom stereocenters. The molecule has 1 atom stereocenters. The van der Waals surface area contributed by atoms with Crippen LogP contribution in [-0.2, 0) is 12.0 Å². The number of H-pyrrole nitrogens is 1. The number of carbonyl (C=O) groups is 1. The number of rotatable bonds is 6. The summed E-state index contributed by atoms with van der Waals surface area (Å²) >= 11 is 0. The lowest BCUT2D eigenvalue weighted by Gasteiger charge is -2.23. The molecule has 3 N–H and O–H groups in total. The molecule has 3 aromatic heterocycles. The van der Waals surface area contributed by atoms with Crippen LogP contribution in [0.2, 0.25) is 0 Å². The third kappa shape index (κ3) is 5.39. The summed E-state index contributed by atoms with van der Waals surface area (Å²) in [6, 6.07) is 7.25. The molecule has 0 radical (unpaired) electrons. The van der Waals surface area contributed by atoms with E-state index in [2.05, 4.69) is 45.9 Å². The number of hydrogen-bond donors (Lipinski definition) is 3. The summed E-state index contributed by atoms with van der Waals surface area (Å²) in [6.07, 6.45) is -0.715. The second-order valence-electron chi connectivity index (χ2n) is 10.3. The van der Waals surface area contributed by atoms with Crippen molar-refractivity contribution in [2.45, 2.75) is 51.4 Å². The van der Waals surface area contributed by atoms with Crippen LogP contribution in [0.4, 0.5) is 24.8 Å². The Morgan fingerprint density at radius 1 is 1.20 bits per heavy atom. The van der Waals surface area contributed by atoms with Crippen LogP contribution in [0.5, 0.6) is 0 Å². The van der Waals surface area contributed by atoms with Crippen LogP contribution in [0.15, 0.2) is 41.1 Å². The number of hydrogen-bond acceptors (Lipinski definition) is 9. The van der Waals surface area contributed by atoms with Crippen molar-refractivity contribution in [3.05, 3.63) is 65.3 Å². The number of aromatic amines is 1. The molecule has 5 rings (SSSR count). The van der Waals surface area contributed by atoms with Crippen molar-refractivity contribution in [2.75, 3.05) is 18.9 Å². The van der Waals surface area contributed by atoms with Gasteiger partial charge in [-0.2, -0.15) is 18.3 Å². The van der Waals surface area contributed by atoms with Gasteiger partial charge >= 0.3 is 18.0 Å². The number of nitrogens with one attached hydrogen (secondary N) is 3. The number of benzene rings is 1. The van der Waals surface area contributed by atoms with E-state index in [1.54, 1.807) is 12.4 Å².